The molecule has 0 spiro atoms. The summed E-state index contributed by atoms with van der Waals surface area (Å²) in [5, 5.41) is 1.01. The summed E-state index contributed by atoms with van der Waals surface area (Å²) in [7, 11) is 0. The van der Waals surface area contributed by atoms with E-state index in [9.17, 15) is 9.59 Å². The fourth-order valence-electron chi connectivity index (χ4n) is 3.99. The Morgan fingerprint density at radius 1 is 1.14 bits per heavy atom. The van der Waals surface area contributed by atoms with Crippen molar-refractivity contribution < 1.29 is 14.3 Å². The Hall–Kier alpha value is -2.92. The maximum absolute atomic E-state index is 12.6. The Kier molecular flexibility index (Phi) is 5.26. The highest BCUT2D eigenvalue weighted by molar-refractivity contribution is 5.89. The third-order valence-electron chi connectivity index (χ3n) is 5.55. The van der Waals surface area contributed by atoms with Gasteiger partial charge in [-0.15, -0.1) is 0 Å². The number of Topliss-reactive ketones (excluding diaryl/α,β-unsaturated/α-hetero) is 1. The first kappa shape index (κ1) is 18.4. The minimum Gasteiger partial charge on any atom is -0.457 e. The summed E-state index contributed by atoms with van der Waals surface area (Å²) in [6.45, 7) is 0. The number of benzene rings is 2. The predicted octanol–water partition coefficient (Wildman–Crippen LogP) is 4.40. The number of H-pyrrole nitrogens is 1. The molecule has 5 heteroatoms. The topological polar surface area (TPSA) is 85.2 Å². The fourth-order valence-corrected chi connectivity index (χ4v) is 3.99. The van der Waals surface area contributed by atoms with Gasteiger partial charge in [0.15, 0.2) is 5.78 Å². The molecule has 4 rings (SSSR count). The molecule has 0 unspecified atom stereocenters. The second-order valence-corrected chi connectivity index (χ2v) is 7.50. The number of aromatic amines is 1. The molecule has 3 aromatic rings. The van der Waals surface area contributed by atoms with Crippen molar-refractivity contribution in [3.8, 4) is 11.5 Å². The van der Waals surface area contributed by atoms with Crippen LogP contribution in [0, 0.1) is 5.92 Å². The van der Waals surface area contributed by atoms with Gasteiger partial charge in [-0.2, -0.15) is 0 Å². The molecule has 0 saturated heterocycles. The number of ketones is 1. The van der Waals surface area contributed by atoms with Crippen LogP contribution in [-0.2, 0) is 11.2 Å². The number of nitrogens with one attached hydrogen (secondary N) is 1. The summed E-state index contributed by atoms with van der Waals surface area (Å²) in [6.07, 6.45) is 7.46. The average molecular weight is 376 g/mol. The van der Waals surface area contributed by atoms with Gasteiger partial charge < -0.3 is 15.5 Å². The molecule has 144 valence electrons. The number of hydrogen-bond acceptors (Lipinski definition) is 4. The molecule has 28 heavy (non-hydrogen) atoms. The highest BCUT2D eigenvalue weighted by Gasteiger charge is 2.27. The van der Waals surface area contributed by atoms with Crippen LogP contribution in [-0.4, -0.2) is 23.1 Å². The van der Waals surface area contributed by atoms with Gasteiger partial charge in [0, 0.05) is 28.6 Å². The zero-order valence-corrected chi connectivity index (χ0v) is 15.7. The number of carbonyl (C=O) groups excluding carboxylic acids is 2. The van der Waals surface area contributed by atoms with Gasteiger partial charge in [-0.1, -0.05) is 12.8 Å². The normalized spacial score (nSPS) is 15.6. The smallest absolute Gasteiger partial charge is 0.152 e. The van der Waals surface area contributed by atoms with Crippen LogP contribution < -0.4 is 10.5 Å². The van der Waals surface area contributed by atoms with Crippen LogP contribution in [0.4, 0.5) is 0 Å². The number of ether oxygens (including phenoxy) is 1. The van der Waals surface area contributed by atoms with Gasteiger partial charge in [0.05, 0.1) is 6.04 Å². The van der Waals surface area contributed by atoms with Crippen LogP contribution >= 0.6 is 0 Å². The summed E-state index contributed by atoms with van der Waals surface area (Å²) in [6, 6.07) is 12.3. The molecule has 0 radical (unpaired) electrons. The van der Waals surface area contributed by atoms with Crippen molar-refractivity contribution in [2.24, 2.45) is 11.7 Å². The molecule has 3 N–H and O–H groups in total. The van der Waals surface area contributed by atoms with Crippen LogP contribution in [0.3, 0.4) is 0 Å². The molecule has 5 nitrogen and oxygen atoms in total. The van der Waals surface area contributed by atoms with Gasteiger partial charge in [0.2, 0.25) is 0 Å². The second kappa shape index (κ2) is 7.98. The van der Waals surface area contributed by atoms with E-state index in [1.165, 1.54) is 0 Å². The molecule has 0 aliphatic heterocycles. The summed E-state index contributed by atoms with van der Waals surface area (Å²) >= 11 is 0. The third kappa shape index (κ3) is 3.85. The van der Waals surface area contributed by atoms with E-state index in [1.54, 1.807) is 24.3 Å². The highest BCUT2D eigenvalue weighted by Crippen LogP contribution is 2.30. The van der Waals surface area contributed by atoms with Crippen LogP contribution in [0.25, 0.3) is 10.9 Å². The van der Waals surface area contributed by atoms with Crippen molar-refractivity contribution in [2.45, 2.75) is 38.1 Å². The standard InChI is InChI=1S/C23H24N2O3/c24-21(23(27)16-3-1-2-4-16)11-17-13-25-22-10-9-19(12-20(17)22)28-18-7-5-15(14-26)6-8-18/h5-10,12-14,16,21,25H,1-4,11,24H2/t21-/m0/s1. The van der Waals surface area contributed by atoms with Crippen LogP contribution in [0.1, 0.15) is 41.6 Å². The molecule has 1 heterocycles. The summed E-state index contributed by atoms with van der Waals surface area (Å²) in [4.78, 5) is 26.6. The Morgan fingerprint density at radius 2 is 1.86 bits per heavy atom. The van der Waals surface area contributed by atoms with Gasteiger partial charge in [-0.05, 0) is 67.3 Å². The zero-order chi connectivity index (χ0) is 19.5. The van der Waals surface area contributed by atoms with E-state index in [0.717, 1.165) is 48.4 Å². The van der Waals surface area contributed by atoms with E-state index in [2.05, 4.69) is 4.98 Å². The number of fused-ring (bicyclic) bond motifs is 1. The number of rotatable bonds is 7. The number of carbonyl (C=O) groups is 2. The Bertz CT molecular complexity index is 985. The SMILES string of the molecule is N[C@@H](Cc1c[nH]c2ccc(Oc3ccc(C=O)cc3)cc12)C(=O)C1CCCC1. The molecule has 1 atom stereocenters. The monoisotopic (exact) mass is 376 g/mol. The first-order chi connectivity index (χ1) is 13.6. The van der Waals surface area contributed by atoms with Gasteiger partial charge in [-0.25, -0.2) is 0 Å². The highest BCUT2D eigenvalue weighted by atomic mass is 16.5. The third-order valence-corrected chi connectivity index (χ3v) is 5.55. The van der Waals surface area contributed by atoms with Gasteiger partial charge >= 0.3 is 0 Å². The number of aromatic nitrogens is 1. The van der Waals surface area contributed by atoms with E-state index in [4.69, 9.17) is 10.5 Å². The van der Waals surface area contributed by atoms with Crippen LogP contribution in [0.5, 0.6) is 11.5 Å². The molecule has 1 fully saturated rings. The molecule has 0 amide bonds. The molecule has 2 aromatic carbocycles. The summed E-state index contributed by atoms with van der Waals surface area (Å²) in [5.41, 5.74) is 8.86. The number of hydrogen-bond donors (Lipinski definition) is 2. The largest absolute Gasteiger partial charge is 0.457 e. The minimum absolute atomic E-state index is 0.133. The van der Waals surface area contributed by atoms with Crippen LogP contribution in [0.15, 0.2) is 48.7 Å². The average Bonchev–Trinajstić information content (AvgIpc) is 3.38. The quantitative estimate of drug-likeness (QED) is 0.599. The Morgan fingerprint density at radius 3 is 2.57 bits per heavy atom. The second-order valence-electron chi connectivity index (χ2n) is 7.50. The van der Waals surface area contributed by atoms with E-state index in [0.29, 0.717) is 23.5 Å². The van der Waals surface area contributed by atoms with Crippen molar-refractivity contribution in [1.29, 1.82) is 0 Å². The van der Waals surface area contributed by atoms with E-state index >= 15 is 0 Å². The Balaban J connectivity index is 1.52. The Labute approximate surface area is 163 Å². The van der Waals surface area contributed by atoms with Gasteiger partial charge in [0.25, 0.3) is 0 Å². The lowest BCUT2D eigenvalue weighted by Crippen LogP contribution is -2.36. The van der Waals surface area contributed by atoms with Crippen molar-refractivity contribution in [3.63, 3.8) is 0 Å². The molecule has 1 aromatic heterocycles. The van der Waals surface area contributed by atoms with Crippen molar-refractivity contribution in [2.75, 3.05) is 0 Å². The molecule has 1 aliphatic carbocycles. The van der Waals surface area contributed by atoms with Crippen molar-refractivity contribution in [3.05, 3.63) is 59.8 Å². The zero-order valence-electron chi connectivity index (χ0n) is 15.7. The lowest BCUT2D eigenvalue weighted by molar-refractivity contribution is -0.123. The van der Waals surface area contributed by atoms with Gasteiger partial charge in [-0.3, -0.25) is 9.59 Å². The first-order valence-electron chi connectivity index (χ1n) is 9.76. The minimum atomic E-state index is -0.470. The molecule has 0 bridgehead atoms. The predicted molar refractivity (Wildman–Crippen MR) is 109 cm³/mol. The molecule has 1 saturated carbocycles. The van der Waals surface area contributed by atoms with Crippen LogP contribution in [0.2, 0.25) is 0 Å². The fraction of sp³-hybridized carbons (Fsp3) is 0.304. The summed E-state index contributed by atoms with van der Waals surface area (Å²) < 4.78 is 5.92. The maximum Gasteiger partial charge on any atom is 0.152 e. The van der Waals surface area contributed by atoms with Gasteiger partial charge in [0.1, 0.15) is 17.8 Å². The van der Waals surface area contributed by atoms with Crippen molar-refractivity contribution in [1.82, 2.24) is 4.98 Å². The lowest BCUT2D eigenvalue weighted by Gasteiger charge is -2.15. The van der Waals surface area contributed by atoms with E-state index < -0.39 is 6.04 Å². The summed E-state index contributed by atoms with van der Waals surface area (Å²) in [5.74, 6) is 1.68. The maximum atomic E-state index is 12.6. The number of aldehydes is 1. The molecular weight excluding hydrogens is 352 g/mol. The van der Waals surface area contributed by atoms with E-state index in [1.807, 2.05) is 24.4 Å². The molecule has 1 aliphatic rings. The molecular formula is C23H24N2O3. The van der Waals surface area contributed by atoms with Crippen molar-refractivity contribution >= 4 is 23.0 Å². The van der Waals surface area contributed by atoms with E-state index in [-0.39, 0.29) is 11.7 Å². The number of nitrogens with two attached hydrogens (primary N) is 1. The first-order valence-corrected chi connectivity index (χ1v) is 9.76. The lowest BCUT2D eigenvalue weighted by atomic mass is 9.93.